The Bertz CT molecular complexity index is 556. The lowest BCUT2D eigenvalue weighted by atomic mass is 10.1. The maximum atomic E-state index is 11.3. The van der Waals surface area contributed by atoms with Gasteiger partial charge in [-0.2, -0.15) is 0 Å². The fourth-order valence-electron chi connectivity index (χ4n) is 1.92. The van der Waals surface area contributed by atoms with E-state index < -0.39 is 0 Å². The zero-order chi connectivity index (χ0) is 17.4. The Hall–Kier alpha value is -2.24. The van der Waals surface area contributed by atoms with Gasteiger partial charge in [-0.3, -0.25) is 9.79 Å². The van der Waals surface area contributed by atoms with E-state index in [9.17, 15) is 4.79 Å². The van der Waals surface area contributed by atoms with Gasteiger partial charge in [0.05, 0.1) is 12.8 Å². The van der Waals surface area contributed by atoms with E-state index in [0.717, 1.165) is 11.5 Å². The van der Waals surface area contributed by atoms with Crippen LogP contribution in [0.25, 0.3) is 0 Å². The van der Waals surface area contributed by atoms with Crippen LogP contribution >= 0.6 is 0 Å². The van der Waals surface area contributed by atoms with Gasteiger partial charge in [0, 0.05) is 26.6 Å². The van der Waals surface area contributed by atoms with Crippen molar-refractivity contribution >= 4 is 17.6 Å². The largest absolute Gasteiger partial charge is 0.495 e. The lowest BCUT2D eigenvalue weighted by Crippen LogP contribution is -2.43. The average Bonchev–Trinajstić information content (AvgIpc) is 2.50. The number of rotatable bonds is 6. The molecule has 23 heavy (non-hydrogen) atoms. The summed E-state index contributed by atoms with van der Waals surface area (Å²) in [6.45, 7) is 8.52. The van der Waals surface area contributed by atoms with E-state index in [1.807, 2.05) is 18.2 Å². The van der Waals surface area contributed by atoms with Crippen LogP contribution in [0.15, 0.2) is 23.2 Å². The number of amides is 1. The van der Waals surface area contributed by atoms with Gasteiger partial charge in [0.15, 0.2) is 5.96 Å². The van der Waals surface area contributed by atoms with Crippen molar-refractivity contribution in [3.63, 3.8) is 0 Å². The number of hydrogen-bond acceptors (Lipinski definition) is 3. The molecule has 3 N–H and O–H groups in total. The number of carbonyl (C=O) groups is 1. The maximum absolute atomic E-state index is 11.3. The van der Waals surface area contributed by atoms with Crippen molar-refractivity contribution < 1.29 is 9.53 Å². The molecule has 6 heteroatoms. The fourth-order valence-corrected chi connectivity index (χ4v) is 1.92. The standard InChI is InChI=1S/C17H28N4O2/c1-11(2)12(3)20-17(18-5)19-10-14-7-8-16(23-6)15(9-14)21-13(4)22/h7-9,11-12H,10H2,1-6H3,(H,21,22)(H2,18,19,20). The number of nitrogens with zero attached hydrogens (tertiary/aromatic N) is 1. The monoisotopic (exact) mass is 320 g/mol. The zero-order valence-electron chi connectivity index (χ0n) is 14.9. The second-order valence-electron chi connectivity index (χ2n) is 5.82. The Morgan fingerprint density at radius 2 is 2.00 bits per heavy atom. The highest BCUT2D eigenvalue weighted by molar-refractivity contribution is 5.90. The Labute approximate surface area is 138 Å². The molecule has 0 heterocycles. The Balaban J connectivity index is 2.75. The van der Waals surface area contributed by atoms with Crippen LogP contribution in [0.1, 0.15) is 33.3 Å². The molecule has 1 aromatic carbocycles. The number of anilines is 1. The van der Waals surface area contributed by atoms with Crippen molar-refractivity contribution in [2.45, 2.75) is 40.3 Å². The Kier molecular flexibility index (Phi) is 7.38. The first-order valence-electron chi connectivity index (χ1n) is 7.79. The van der Waals surface area contributed by atoms with Crippen LogP contribution in [-0.4, -0.2) is 32.1 Å². The molecule has 1 amide bonds. The van der Waals surface area contributed by atoms with Crippen LogP contribution in [0.5, 0.6) is 5.75 Å². The van der Waals surface area contributed by atoms with Crippen LogP contribution in [0.2, 0.25) is 0 Å². The predicted octanol–water partition coefficient (Wildman–Crippen LogP) is 2.36. The van der Waals surface area contributed by atoms with Crippen LogP contribution < -0.4 is 20.7 Å². The number of guanidine groups is 1. The number of nitrogens with one attached hydrogen (secondary N) is 3. The smallest absolute Gasteiger partial charge is 0.221 e. The number of carbonyl (C=O) groups excluding carboxylic acids is 1. The van der Waals surface area contributed by atoms with E-state index >= 15 is 0 Å². The van der Waals surface area contributed by atoms with Crippen molar-refractivity contribution in [2.24, 2.45) is 10.9 Å². The topological polar surface area (TPSA) is 74.8 Å². The Morgan fingerprint density at radius 3 is 2.52 bits per heavy atom. The molecule has 6 nitrogen and oxygen atoms in total. The number of benzene rings is 1. The van der Waals surface area contributed by atoms with Crippen molar-refractivity contribution in [1.29, 1.82) is 0 Å². The lowest BCUT2D eigenvalue weighted by molar-refractivity contribution is -0.114. The second-order valence-corrected chi connectivity index (χ2v) is 5.82. The van der Waals surface area contributed by atoms with Gasteiger partial charge in [-0.05, 0) is 30.5 Å². The van der Waals surface area contributed by atoms with Gasteiger partial charge in [0.25, 0.3) is 0 Å². The molecule has 0 bridgehead atoms. The fraction of sp³-hybridized carbons (Fsp3) is 0.529. The molecule has 0 saturated carbocycles. The molecule has 0 aliphatic carbocycles. The van der Waals surface area contributed by atoms with Gasteiger partial charge < -0.3 is 20.7 Å². The summed E-state index contributed by atoms with van der Waals surface area (Å²) in [4.78, 5) is 15.5. The first-order valence-corrected chi connectivity index (χ1v) is 7.79. The first-order chi connectivity index (χ1) is 10.9. The minimum Gasteiger partial charge on any atom is -0.495 e. The normalized spacial score (nSPS) is 12.7. The van der Waals surface area contributed by atoms with Crippen molar-refractivity contribution in [1.82, 2.24) is 10.6 Å². The van der Waals surface area contributed by atoms with Gasteiger partial charge in [0.2, 0.25) is 5.91 Å². The minimum atomic E-state index is -0.128. The molecule has 0 radical (unpaired) electrons. The number of ether oxygens (including phenoxy) is 1. The zero-order valence-corrected chi connectivity index (χ0v) is 14.9. The van der Waals surface area contributed by atoms with Gasteiger partial charge >= 0.3 is 0 Å². The summed E-state index contributed by atoms with van der Waals surface area (Å²) in [5, 5.41) is 9.40. The van der Waals surface area contributed by atoms with Gasteiger partial charge in [-0.15, -0.1) is 0 Å². The van der Waals surface area contributed by atoms with Crippen molar-refractivity contribution in [3.05, 3.63) is 23.8 Å². The molecule has 0 aromatic heterocycles. The third-order valence-electron chi connectivity index (χ3n) is 3.62. The van der Waals surface area contributed by atoms with E-state index in [2.05, 4.69) is 41.7 Å². The summed E-state index contributed by atoms with van der Waals surface area (Å²) in [6, 6.07) is 6.02. The average molecular weight is 320 g/mol. The predicted molar refractivity (Wildman–Crippen MR) is 94.9 cm³/mol. The number of hydrogen-bond donors (Lipinski definition) is 3. The molecule has 128 valence electrons. The van der Waals surface area contributed by atoms with E-state index in [4.69, 9.17) is 4.74 Å². The highest BCUT2D eigenvalue weighted by Gasteiger charge is 2.10. The number of methoxy groups -OCH3 is 1. The Morgan fingerprint density at radius 1 is 1.30 bits per heavy atom. The van der Waals surface area contributed by atoms with Crippen LogP contribution in [-0.2, 0) is 11.3 Å². The molecule has 0 fully saturated rings. The van der Waals surface area contributed by atoms with Crippen molar-refractivity contribution in [3.8, 4) is 5.75 Å². The molecule has 1 aromatic rings. The van der Waals surface area contributed by atoms with Crippen molar-refractivity contribution in [2.75, 3.05) is 19.5 Å². The summed E-state index contributed by atoms with van der Waals surface area (Å²) >= 11 is 0. The second kappa shape index (κ2) is 9.02. The van der Waals surface area contributed by atoms with E-state index in [0.29, 0.717) is 29.9 Å². The summed E-state index contributed by atoms with van der Waals surface area (Å²) in [5.74, 6) is 1.78. The van der Waals surface area contributed by atoms with Crippen LogP contribution in [0.3, 0.4) is 0 Å². The molecular weight excluding hydrogens is 292 g/mol. The van der Waals surface area contributed by atoms with Crippen LogP contribution in [0.4, 0.5) is 5.69 Å². The van der Waals surface area contributed by atoms with E-state index in [1.165, 1.54) is 6.92 Å². The minimum absolute atomic E-state index is 0.128. The summed E-state index contributed by atoms with van der Waals surface area (Å²) in [5.41, 5.74) is 1.69. The molecule has 0 saturated heterocycles. The lowest BCUT2D eigenvalue weighted by Gasteiger charge is -2.21. The molecule has 0 aliphatic rings. The molecular formula is C17H28N4O2. The third-order valence-corrected chi connectivity index (χ3v) is 3.62. The third kappa shape index (κ3) is 6.18. The van der Waals surface area contributed by atoms with E-state index in [1.54, 1.807) is 14.2 Å². The molecule has 0 aliphatic heterocycles. The maximum Gasteiger partial charge on any atom is 0.221 e. The molecule has 1 atom stereocenters. The summed E-state index contributed by atoms with van der Waals surface area (Å²) in [7, 11) is 3.33. The number of aliphatic imine (C=N–C) groups is 1. The highest BCUT2D eigenvalue weighted by atomic mass is 16.5. The van der Waals surface area contributed by atoms with Gasteiger partial charge in [0.1, 0.15) is 5.75 Å². The van der Waals surface area contributed by atoms with E-state index in [-0.39, 0.29) is 5.91 Å². The molecule has 1 rings (SSSR count). The summed E-state index contributed by atoms with van der Waals surface area (Å²) < 4.78 is 5.26. The first kappa shape index (κ1) is 18.8. The molecule has 1 unspecified atom stereocenters. The summed E-state index contributed by atoms with van der Waals surface area (Å²) in [6.07, 6.45) is 0. The molecule has 0 spiro atoms. The van der Waals surface area contributed by atoms with Crippen LogP contribution in [0, 0.1) is 5.92 Å². The van der Waals surface area contributed by atoms with Gasteiger partial charge in [-0.25, -0.2) is 0 Å². The SMILES string of the molecule is CN=C(NCc1ccc(OC)c(NC(C)=O)c1)NC(C)C(C)C. The quantitative estimate of drug-likeness (QED) is 0.556. The highest BCUT2D eigenvalue weighted by Crippen LogP contribution is 2.25. The van der Waals surface area contributed by atoms with Gasteiger partial charge in [-0.1, -0.05) is 19.9 Å².